The molecule has 2 heterocycles. The molecule has 2 aromatic carbocycles. The zero-order chi connectivity index (χ0) is 19.8. The zero-order valence-corrected chi connectivity index (χ0v) is 15.7. The number of oxazole rings is 1. The number of nitrogens with one attached hydrogen (secondary N) is 1. The van der Waals surface area contributed by atoms with Gasteiger partial charge in [0.2, 0.25) is 5.91 Å². The van der Waals surface area contributed by atoms with E-state index >= 15 is 0 Å². The second-order valence-electron chi connectivity index (χ2n) is 6.82. The molecule has 0 fully saturated rings. The summed E-state index contributed by atoms with van der Waals surface area (Å²) < 4.78 is 5.66. The molecule has 4 rings (SSSR count). The molecule has 0 atom stereocenters. The number of fused-ring (bicyclic) bond motifs is 2. The van der Waals surface area contributed by atoms with E-state index in [2.05, 4.69) is 16.9 Å². The second-order valence-corrected chi connectivity index (χ2v) is 6.82. The van der Waals surface area contributed by atoms with Gasteiger partial charge in [0.25, 0.3) is 11.9 Å². The van der Waals surface area contributed by atoms with Crippen LogP contribution in [0.1, 0.15) is 22.3 Å². The van der Waals surface area contributed by atoms with Crippen LogP contribution in [0, 0.1) is 0 Å². The number of hydrogen-bond acceptors (Lipinski definition) is 5. The van der Waals surface area contributed by atoms with E-state index in [0.29, 0.717) is 28.5 Å². The Hall–Kier alpha value is -3.61. The lowest BCUT2D eigenvalue weighted by Gasteiger charge is -2.17. The minimum absolute atomic E-state index is 0.118. The summed E-state index contributed by atoms with van der Waals surface area (Å²) in [4.78, 5) is 32.5. The van der Waals surface area contributed by atoms with Gasteiger partial charge in [-0.2, -0.15) is 4.98 Å². The van der Waals surface area contributed by atoms with E-state index in [0.717, 1.165) is 11.1 Å². The Morgan fingerprint density at radius 1 is 1.21 bits per heavy atom. The molecular weight excluding hydrogens is 356 g/mol. The molecule has 1 aliphatic heterocycles. The van der Waals surface area contributed by atoms with Crippen molar-refractivity contribution in [3.05, 3.63) is 60.2 Å². The molecule has 0 spiro atoms. The monoisotopic (exact) mass is 376 g/mol. The highest BCUT2D eigenvalue weighted by Gasteiger charge is 2.30. The van der Waals surface area contributed by atoms with Crippen molar-refractivity contribution in [1.82, 2.24) is 9.88 Å². The molecule has 142 valence electrons. The van der Waals surface area contributed by atoms with E-state index in [4.69, 9.17) is 4.42 Å². The molecular formula is C21H20N4O3. The summed E-state index contributed by atoms with van der Waals surface area (Å²) in [5, 5.41) is 2.84. The van der Waals surface area contributed by atoms with Crippen LogP contribution in [0.2, 0.25) is 0 Å². The fraction of sp³-hybridized carbons (Fsp3) is 0.190. The summed E-state index contributed by atoms with van der Waals surface area (Å²) in [6.45, 7) is 4.26. The smallest absolute Gasteiger partial charge is 0.297 e. The van der Waals surface area contributed by atoms with Crippen molar-refractivity contribution in [3.63, 3.8) is 0 Å². The minimum Gasteiger partial charge on any atom is -0.423 e. The first-order valence-corrected chi connectivity index (χ1v) is 8.92. The Labute approximate surface area is 162 Å². The van der Waals surface area contributed by atoms with E-state index < -0.39 is 0 Å². The molecule has 2 amide bonds. The molecule has 1 N–H and O–H groups in total. The van der Waals surface area contributed by atoms with Crippen LogP contribution in [0.4, 0.5) is 11.7 Å². The standard InChI is InChI=1S/C21H20N4O3/c1-13-15-6-4-5-7-16(15)20(27)25(13)11-10-19(26)22-14-8-9-17-18(12-14)28-21(23-17)24(2)3/h4-9,12H,1,10-11H2,2-3H3,(H,22,26). The third kappa shape index (κ3) is 3.11. The van der Waals surface area contributed by atoms with Gasteiger partial charge in [0.05, 0.1) is 0 Å². The molecule has 0 unspecified atom stereocenters. The highest BCUT2D eigenvalue weighted by molar-refractivity contribution is 6.09. The van der Waals surface area contributed by atoms with Gasteiger partial charge in [0.15, 0.2) is 5.58 Å². The summed E-state index contributed by atoms with van der Waals surface area (Å²) >= 11 is 0. The fourth-order valence-electron chi connectivity index (χ4n) is 3.19. The maximum Gasteiger partial charge on any atom is 0.297 e. The highest BCUT2D eigenvalue weighted by atomic mass is 16.4. The molecule has 1 aliphatic rings. The van der Waals surface area contributed by atoms with Crippen LogP contribution in [-0.2, 0) is 4.79 Å². The van der Waals surface area contributed by atoms with Gasteiger partial charge in [-0.3, -0.25) is 9.59 Å². The van der Waals surface area contributed by atoms with E-state index in [9.17, 15) is 9.59 Å². The number of carbonyl (C=O) groups excluding carboxylic acids is 2. The van der Waals surface area contributed by atoms with Crippen molar-refractivity contribution in [3.8, 4) is 0 Å². The molecule has 7 heteroatoms. The normalized spacial score (nSPS) is 13.1. The van der Waals surface area contributed by atoms with Crippen LogP contribution >= 0.6 is 0 Å². The third-order valence-electron chi connectivity index (χ3n) is 4.65. The average molecular weight is 376 g/mol. The minimum atomic E-state index is -0.191. The lowest BCUT2D eigenvalue weighted by molar-refractivity contribution is -0.116. The molecule has 0 bridgehead atoms. The van der Waals surface area contributed by atoms with Crippen LogP contribution in [0.5, 0.6) is 0 Å². The molecule has 3 aromatic rings. The van der Waals surface area contributed by atoms with E-state index in [1.54, 1.807) is 34.1 Å². The van der Waals surface area contributed by atoms with Crippen molar-refractivity contribution in [2.45, 2.75) is 6.42 Å². The van der Waals surface area contributed by atoms with Gasteiger partial charge in [0.1, 0.15) is 5.52 Å². The average Bonchev–Trinajstić information content (AvgIpc) is 3.20. The summed E-state index contributed by atoms with van der Waals surface area (Å²) in [6.07, 6.45) is 0.163. The second kappa shape index (κ2) is 6.84. The van der Waals surface area contributed by atoms with E-state index in [1.165, 1.54) is 0 Å². The molecule has 1 aromatic heterocycles. The summed E-state index contributed by atoms with van der Waals surface area (Å²) in [5.41, 5.74) is 4.01. The van der Waals surface area contributed by atoms with Crippen molar-refractivity contribution in [1.29, 1.82) is 0 Å². The number of benzene rings is 2. The predicted octanol–water partition coefficient (Wildman–Crippen LogP) is 3.35. The van der Waals surface area contributed by atoms with Crippen LogP contribution in [0.3, 0.4) is 0 Å². The third-order valence-corrected chi connectivity index (χ3v) is 4.65. The highest BCUT2D eigenvalue weighted by Crippen LogP contribution is 2.31. The fourth-order valence-corrected chi connectivity index (χ4v) is 3.19. The molecule has 28 heavy (non-hydrogen) atoms. The zero-order valence-electron chi connectivity index (χ0n) is 15.7. The Morgan fingerprint density at radius 3 is 2.68 bits per heavy atom. The Kier molecular flexibility index (Phi) is 4.35. The maximum absolute atomic E-state index is 12.5. The van der Waals surface area contributed by atoms with E-state index in [-0.39, 0.29) is 24.8 Å². The predicted molar refractivity (Wildman–Crippen MR) is 108 cm³/mol. The van der Waals surface area contributed by atoms with Crippen LogP contribution < -0.4 is 10.2 Å². The maximum atomic E-state index is 12.5. The Morgan fingerprint density at radius 2 is 1.96 bits per heavy atom. The molecule has 0 radical (unpaired) electrons. The van der Waals surface area contributed by atoms with Crippen LogP contribution in [0.15, 0.2) is 53.5 Å². The number of anilines is 2. The number of amides is 2. The number of hydrogen-bond donors (Lipinski definition) is 1. The first-order valence-electron chi connectivity index (χ1n) is 8.92. The van der Waals surface area contributed by atoms with Gasteiger partial charge in [-0.15, -0.1) is 0 Å². The molecule has 7 nitrogen and oxygen atoms in total. The van der Waals surface area contributed by atoms with Gasteiger partial charge in [-0.1, -0.05) is 24.8 Å². The molecule has 0 aliphatic carbocycles. The lowest BCUT2D eigenvalue weighted by Crippen LogP contribution is -2.27. The van der Waals surface area contributed by atoms with Gasteiger partial charge >= 0.3 is 0 Å². The summed E-state index contributed by atoms with van der Waals surface area (Å²) in [5.74, 6) is -0.309. The van der Waals surface area contributed by atoms with Gasteiger partial charge in [-0.05, 0) is 18.2 Å². The van der Waals surface area contributed by atoms with Gasteiger partial charge < -0.3 is 19.5 Å². The SMILES string of the molecule is C=C1c2ccccc2C(=O)N1CCC(=O)Nc1ccc2nc(N(C)C)oc2c1. The first kappa shape index (κ1) is 17.8. The Bertz CT molecular complexity index is 1060. The quantitative estimate of drug-likeness (QED) is 0.739. The van der Waals surface area contributed by atoms with Gasteiger partial charge in [-0.25, -0.2) is 0 Å². The largest absolute Gasteiger partial charge is 0.423 e. The van der Waals surface area contributed by atoms with Crippen molar-refractivity contribution < 1.29 is 14.0 Å². The number of aromatic nitrogens is 1. The first-order chi connectivity index (χ1) is 13.4. The summed E-state index contributed by atoms with van der Waals surface area (Å²) in [7, 11) is 3.69. The molecule has 0 saturated carbocycles. The van der Waals surface area contributed by atoms with E-state index in [1.807, 2.05) is 32.3 Å². The Balaban J connectivity index is 1.41. The van der Waals surface area contributed by atoms with Crippen LogP contribution in [0.25, 0.3) is 16.8 Å². The number of nitrogens with zero attached hydrogens (tertiary/aromatic N) is 3. The molecule has 0 saturated heterocycles. The van der Waals surface area contributed by atoms with Crippen molar-refractivity contribution in [2.24, 2.45) is 0 Å². The number of carbonyl (C=O) groups is 2. The number of rotatable bonds is 5. The summed E-state index contributed by atoms with van der Waals surface area (Å²) in [6, 6.07) is 13.1. The van der Waals surface area contributed by atoms with Crippen LogP contribution in [-0.4, -0.2) is 42.3 Å². The van der Waals surface area contributed by atoms with Crippen molar-refractivity contribution >= 4 is 40.3 Å². The van der Waals surface area contributed by atoms with Gasteiger partial charge in [0, 0.05) is 55.6 Å². The topological polar surface area (TPSA) is 78.7 Å². The van der Waals surface area contributed by atoms with Crippen molar-refractivity contribution in [2.75, 3.05) is 30.9 Å². The lowest BCUT2D eigenvalue weighted by atomic mass is 10.1.